The molecule has 0 aromatic carbocycles. The molecule has 4 nitrogen and oxygen atoms in total. The fourth-order valence-electron chi connectivity index (χ4n) is 1.93. The predicted octanol–water partition coefficient (Wildman–Crippen LogP) is 4.90. The van der Waals surface area contributed by atoms with Crippen LogP contribution >= 0.6 is 0 Å². The Balaban J connectivity index is 2.99. The second-order valence-electron chi connectivity index (χ2n) is 6.10. The van der Waals surface area contributed by atoms with E-state index >= 15 is 0 Å². The second-order valence-corrected chi connectivity index (χ2v) is 6.10. The molecule has 4 heteroatoms. The van der Waals surface area contributed by atoms with Crippen molar-refractivity contribution in [2.45, 2.75) is 78.6 Å². The van der Waals surface area contributed by atoms with Gasteiger partial charge < -0.3 is 0 Å². The van der Waals surface area contributed by atoms with Gasteiger partial charge in [0.2, 0.25) is 0 Å². The molecule has 0 saturated heterocycles. The first-order valence-electron chi connectivity index (χ1n) is 7.16. The molecule has 0 spiro atoms. The van der Waals surface area contributed by atoms with Crippen molar-refractivity contribution < 1.29 is 20.2 Å². The van der Waals surface area contributed by atoms with Crippen molar-refractivity contribution in [3.05, 3.63) is 0 Å². The summed E-state index contributed by atoms with van der Waals surface area (Å²) in [7, 11) is 0. The summed E-state index contributed by atoms with van der Waals surface area (Å²) >= 11 is 0. The molecule has 0 aliphatic rings. The van der Waals surface area contributed by atoms with E-state index in [-0.39, 0.29) is 0 Å². The van der Waals surface area contributed by atoms with Gasteiger partial charge in [0.15, 0.2) is 0 Å². The highest BCUT2D eigenvalue weighted by Crippen LogP contribution is 2.22. The molecule has 0 fully saturated rings. The lowest BCUT2D eigenvalue weighted by Gasteiger charge is -2.17. The van der Waals surface area contributed by atoms with Gasteiger partial charge in [-0.15, -0.1) is 0 Å². The van der Waals surface area contributed by atoms with Crippen LogP contribution in [0.1, 0.15) is 78.6 Å². The van der Waals surface area contributed by atoms with Crippen molar-refractivity contribution in [1.82, 2.24) is 0 Å². The smallest absolute Gasteiger partial charge is 0.0854 e. The van der Waals surface area contributed by atoms with Crippen LogP contribution < -0.4 is 0 Å². The fraction of sp³-hybridized carbons (Fsp3) is 1.00. The minimum Gasteiger partial charge on any atom is -0.219 e. The Morgan fingerprint density at radius 1 is 0.778 bits per heavy atom. The molecule has 0 aliphatic carbocycles. The van der Waals surface area contributed by atoms with Crippen LogP contribution in [0.25, 0.3) is 0 Å². The second kappa shape index (κ2) is 11.9. The average Bonchev–Trinajstić information content (AvgIpc) is 2.29. The normalized spacial score (nSPS) is 12.0. The first-order chi connectivity index (χ1) is 8.56. The van der Waals surface area contributed by atoms with E-state index in [9.17, 15) is 0 Å². The highest BCUT2D eigenvalue weighted by atomic mass is 17.6. The molecule has 1 N–H and O–H groups in total. The van der Waals surface area contributed by atoms with E-state index in [1.54, 1.807) is 0 Å². The fourth-order valence-corrected chi connectivity index (χ4v) is 1.93. The Labute approximate surface area is 111 Å². The summed E-state index contributed by atoms with van der Waals surface area (Å²) in [6.45, 7) is 7.38. The first-order valence-corrected chi connectivity index (χ1v) is 7.16. The molecular weight excluding hydrogens is 232 g/mol. The summed E-state index contributed by atoms with van der Waals surface area (Å²) in [5.41, 5.74) is 0.486. The molecule has 0 aromatic heterocycles. The van der Waals surface area contributed by atoms with Gasteiger partial charge in [-0.25, -0.2) is 10.1 Å². The van der Waals surface area contributed by atoms with E-state index in [1.807, 2.05) is 0 Å². The lowest BCUT2D eigenvalue weighted by molar-refractivity contribution is -0.623. The average molecular weight is 262 g/mol. The number of unbranched alkanes of at least 4 members (excludes halogenated alkanes) is 7. The minimum atomic E-state index is 0.464. The molecule has 0 aromatic rings. The lowest BCUT2D eigenvalue weighted by atomic mass is 9.89. The van der Waals surface area contributed by atoms with Gasteiger partial charge in [0.1, 0.15) is 0 Å². The van der Waals surface area contributed by atoms with Gasteiger partial charge in [0.05, 0.1) is 6.61 Å². The number of rotatable bonds is 12. The zero-order valence-electron chi connectivity index (χ0n) is 12.2. The van der Waals surface area contributed by atoms with E-state index in [0.717, 1.165) is 12.8 Å². The van der Waals surface area contributed by atoms with E-state index in [2.05, 4.69) is 35.7 Å². The Bertz CT molecular complexity index is 166. The first kappa shape index (κ1) is 17.8. The summed E-state index contributed by atoms with van der Waals surface area (Å²) < 4.78 is 0. The van der Waals surface area contributed by atoms with Gasteiger partial charge in [0.25, 0.3) is 0 Å². The monoisotopic (exact) mass is 262 g/mol. The molecule has 0 radical (unpaired) electrons. The zero-order valence-corrected chi connectivity index (χ0v) is 12.2. The van der Waals surface area contributed by atoms with Crippen LogP contribution in [0.5, 0.6) is 0 Å². The number of hydrogen-bond acceptors (Lipinski definition) is 4. The lowest BCUT2D eigenvalue weighted by Crippen LogP contribution is -2.03. The molecule has 0 atom stereocenters. The molecule has 0 aliphatic heterocycles. The Kier molecular flexibility index (Phi) is 11.8. The summed E-state index contributed by atoms with van der Waals surface area (Å²) in [6, 6.07) is 0. The summed E-state index contributed by atoms with van der Waals surface area (Å²) in [5.74, 6) is 0. The Hall–Kier alpha value is -0.160. The van der Waals surface area contributed by atoms with Gasteiger partial charge in [-0.05, 0) is 28.3 Å². The van der Waals surface area contributed by atoms with Gasteiger partial charge in [0, 0.05) is 0 Å². The summed E-state index contributed by atoms with van der Waals surface area (Å²) in [6.07, 6.45) is 11.4. The standard InChI is InChI=1S/C14H30O4/c1-14(2,3)12-10-8-6-4-5-7-9-11-13-16-18-17-15/h15H,4-13H2,1-3H3. The third kappa shape index (κ3) is 15.8. The Morgan fingerprint density at radius 2 is 1.28 bits per heavy atom. The molecular formula is C14H30O4. The third-order valence-corrected chi connectivity index (χ3v) is 2.98. The third-order valence-electron chi connectivity index (χ3n) is 2.98. The minimum absolute atomic E-state index is 0.464. The molecule has 0 rings (SSSR count). The SMILES string of the molecule is CC(C)(C)CCCCCCCCCCOOOO. The maximum Gasteiger partial charge on any atom is 0.0854 e. The van der Waals surface area contributed by atoms with Crippen LogP contribution in [0.15, 0.2) is 0 Å². The van der Waals surface area contributed by atoms with Crippen LogP contribution in [0.2, 0.25) is 0 Å². The maximum absolute atomic E-state index is 7.81. The van der Waals surface area contributed by atoms with Crippen molar-refractivity contribution >= 4 is 0 Å². The molecule has 0 amide bonds. The number of hydrogen-bond donors (Lipinski definition) is 1. The van der Waals surface area contributed by atoms with Crippen LogP contribution in [-0.2, 0) is 15.0 Å². The topological polar surface area (TPSA) is 47.9 Å². The van der Waals surface area contributed by atoms with Crippen LogP contribution in [0.4, 0.5) is 0 Å². The van der Waals surface area contributed by atoms with E-state index in [1.165, 1.54) is 44.9 Å². The van der Waals surface area contributed by atoms with Gasteiger partial charge in [-0.3, -0.25) is 0 Å². The molecule has 0 bridgehead atoms. The maximum atomic E-state index is 7.81. The van der Waals surface area contributed by atoms with E-state index < -0.39 is 0 Å². The van der Waals surface area contributed by atoms with E-state index in [0.29, 0.717) is 12.0 Å². The van der Waals surface area contributed by atoms with Gasteiger partial charge in [-0.2, -0.15) is 0 Å². The van der Waals surface area contributed by atoms with Crippen molar-refractivity contribution in [2.24, 2.45) is 5.41 Å². The summed E-state index contributed by atoms with van der Waals surface area (Å²) in [5, 5.41) is 15.0. The van der Waals surface area contributed by atoms with Gasteiger partial charge in [-0.1, -0.05) is 65.7 Å². The van der Waals surface area contributed by atoms with Crippen LogP contribution in [0, 0.1) is 5.41 Å². The molecule has 0 saturated carbocycles. The zero-order chi connectivity index (χ0) is 13.7. The van der Waals surface area contributed by atoms with Crippen LogP contribution in [0.3, 0.4) is 0 Å². The highest BCUT2D eigenvalue weighted by Gasteiger charge is 2.08. The Morgan fingerprint density at radius 3 is 1.78 bits per heavy atom. The van der Waals surface area contributed by atoms with E-state index in [4.69, 9.17) is 5.26 Å². The molecule has 18 heavy (non-hydrogen) atoms. The molecule has 110 valence electrons. The van der Waals surface area contributed by atoms with Crippen LogP contribution in [-0.4, -0.2) is 11.9 Å². The van der Waals surface area contributed by atoms with Gasteiger partial charge >= 0.3 is 0 Å². The largest absolute Gasteiger partial charge is 0.219 e. The quantitative estimate of drug-likeness (QED) is 0.309. The molecule has 0 unspecified atom stereocenters. The molecule has 0 heterocycles. The van der Waals surface area contributed by atoms with Crippen molar-refractivity contribution in [3.63, 3.8) is 0 Å². The van der Waals surface area contributed by atoms with Crippen molar-refractivity contribution in [3.8, 4) is 0 Å². The van der Waals surface area contributed by atoms with Crippen molar-refractivity contribution in [2.75, 3.05) is 6.61 Å². The highest BCUT2D eigenvalue weighted by molar-refractivity contribution is 4.60. The predicted molar refractivity (Wildman–Crippen MR) is 71.8 cm³/mol. The summed E-state index contributed by atoms with van der Waals surface area (Å²) in [4.78, 5) is 4.50. The van der Waals surface area contributed by atoms with Crippen molar-refractivity contribution in [1.29, 1.82) is 0 Å².